The zero-order valence-corrected chi connectivity index (χ0v) is 13.5. The van der Waals surface area contributed by atoms with E-state index in [1.807, 2.05) is 0 Å². The Morgan fingerprint density at radius 2 is 1.91 bits per heavy atom. The van der Waals surface area contributed by atoms with E-state index in [0.717, 1.165) is 0 Å². The number of rotatable bonds is 6. The zero-order chi connectivity index (χ0) is 16.2. The Hall–Kier alpha value is -2.28. The third-order valence-electron chi connectivity index (χ3n) is 3.14. The molecule has 0 aliphatic rings. The molecular weight excluding hydrogens is 304 g/mol. The van der Waals surface area contributed by atoms with Gasteiger partial charge in [0.1, 0.15) is 22.2 Å². The molecule has 7 heteroatoms. The Morgan fingerprint density at radius 3 is 2.45 bits per heavy atom. The van der Waals surface area contributed by atoms with Crippen molar-refractivity contribution < 1.29 is 17.9 Å². The van der Waals surface area contributed by atoms with E-state index in [-0.39, 0.29) is 10.6 Å². The average molecular weight is 322 g/mol. The largest absolute Gasteiger partial charge is 0.497 e. The Kier molecular flexibility index (Phi) is 4.87. The van der Waals surface area contributed by atoms with Gasteiger partial charge in [-0.25, -0.2) is 13.4 Å². The summed E-state index contributed by atoms with van der Waals surface area (Å²) >= 11 is 0. The van der Waals surface area contributed by atoms with E-state index < -0.39 is 9.84 Å². The monoisotopic (exact) mass is 322 g/mol. The number of anilines is 1. The highest BCUT2D eigenvalue weighted by molar-refractivity contribution is 7.90. The van der Waals surface area contributed by atoms with E-state index in [2.05, 4.69) is 10.3 Å². The molecule has 0 unspecified atom stereocenters. The van der Waals surface area contributed by atoms with Gasteiger partial charge in [-0.1, -0.05) is 6.07 Å². The lowest BCUT2D eigenvalue weighted by Gasteiger charge is -2.11. The summed E-state index contributed by atoms with van der Waals surface area (Å²) in [5.74, 6) is 1.27. The smallest absolute Gasteiger partial charge is 0.186 e. The molecule has 1 heterocycles. The van der Waals surface area contributed by atoms with Crippen molar-refractivity contribution in [2.75, 3.05) is 26.6 Å². The average Bonchev–Trinajstić information content (AvgIpc) is 2.54. The molecular formula is C15H18N2O4S. The number of hydrogen-bond acceptors (Lipinski definition) is 6. The Balaban J connectivity index is 2.36. The van der Waals surface area contributed by atoms with Gasteiger partial charge in [0.2, 0.25) is 0 Å². The molecule has 2 aromatic rings. The first-order chi connectivity index (χ1) is 10.5. The lowest BCUT2D eigenvalue weighted by atomic mass is 10.3. The van der Waals surface area contributed by atoms with E-state index in [1.165, 1.54) is 26.5 Å². The summed E-state index contributed by atoms with van der Waals surface area (Å²) in [6.07, 6.45) is 1.54. The SMILES string of the molecule is CNc1ccc(CS(=O)(=O)c2cc(OC)ccc2OC)cn1. The number of benzene rings is 1. The summed E-state index contributed by atoms with van der Waals surface area (Å²) in [5, 5.41) is 2.88. The van der Waals surface area contributed by atoms with Crippen molar-refractivity contribution in [1.29, 1.82) is 0 Å². The molecule has 0 atom stereocenters. The normalized spacial score (nSPS) is 11.0. The Bertz CT molecular complexity index is 743. The zero-order valence-electron chi connectivity index (χ0n) is 12.7. The van der Waals surface area contributed by atoms with Crippen LogP contribution in [0.25, 0.3) is 0 Å². The van der Waals surface area contributed by atoms with Crippen LogP contribution in [0.5, 0.6) is 11.5 Å². The first kappa shape index (κ1) is 16.1. The number of sulfone groups is 1. The van der Waals surface area contributed by atoms with Gasteiger partial charge in [0.15, 0.2) is 9.84 Å². The lowest BCUT2D eigenvalue weighted by Crippen LogP contribution is -2.08. The van der Waals surface area contributed by atoms with Gasteiger partial charge in [-0.3, -0.25) is 0 Å². The van der Waals surface area contributed by atoms with Gasteiger partial charge >= 0.3 is 0 Å². The van der Waals surface area contributed by atoms with E-state index in [1.54, 1.807) is 31.3 Å². The van der Waals surface area contributed by atoms with Gasteiger partial charge in [0, 0.05) is 19.3 Å². The number of ether oxygens (including phenoxy) is 2. The molecule has 0 radical (unpaired) electrons. The van der Waals surface area contributed by atoms with Crippen LogP contribution < -0.4 is 14.8 Å². The van der Waals surface area contributed by atoms with Crippen molar-refractivity contribution in [1.82, 2.24) is 4.98 Å². The number of pyridine rings is 1. The number of hydrogen-bond donors (Lipinski definition) is 1. The summed E-state index contributed by atoms with van der Waals surface area (Å²) in [6, 6.07) is 8.15. The van der Waals surface area contributed by atoms with Crippen LogP contribution in [0.3, 0.4) is 0 Å². The van der Waals surface area contributed by atoms with Crippen molar-refractivity contribution in [2.24, 2.45) is 0 Å². The van der Waals surface area contributed by atoms with E-state index >= 15 is 0 Å². The molecule has 0 spiro atoms. The number of nitrogens with one attached hydrogen (secondary N) is 1. The highest BCUT2D eigenvalue weighted by Gasteiger charge is 2.21. The molecule has 2 rings (SSSR count). The molecule has 0 saturated carbocycles. The fourth-order valence-corrected chi connectivity index (χ4v) is 3.50. The van der Waals surface area contributed by atoms with E-state index in [0.29, 0.717) is 22.9 Å². The number of aromatic nitrogens is 1. The fourth-order valence-electron chi connectivity index (χ4n) is 1.98. The van der Waals surface area contributed by atoms with Crippen molar-refractivity contribution in [2.45, 2.75) is 10.6 Å². The Labute approximate surface area is 130 Å². The lowest BCUT2D eigenvalue weighted by molar-refractivity contribution is 0.392. The van der Waals surface area contributed by atoms with Crippen LogP contribution in [0.1, 0.15) is 5.56 Å². The minimum Gasteiger partial charge on any atom is -0.497 e. The van der Waals surface area contributed by atoms with Gasteiger partial charge in [-0.2, -0.15) is 0 Å². The first-order valence-corrected chi connectivity index (χ1v) is 8.23. The van der Waals surface area contributed by atoms with Gasteiger partial charge in [-0.15, -0.1) is 0 Å². The molecule has 0 aliphatic heterocycles. The highest BCUT2D eigenvalue weighted by atomic mass is 32.2. The predicted molar refractivity (Wildman–Crippen MR) is 84.2 cm³/mol. The molecule has 118 valence electrons. The minimum absolute atomic E-state index is 0.104. The van der Waals surface area contributed by atoms with Gasteiger partial charge in [0.25, 0.3) is 0 Å². The van der Waals surface area contributed by atoms with Gasteiger partial charge < -0.3 is 14.8 Å². The van der Waals surface area contributed by atoms with Crippen LogP contribution in [0, 0.1) is 0 Å². The Morgan fingerprint density at radius 1 is 1.14 bits per heavy atom. The van der Waals surface area contributed by atoms with Crippen LogP contribution >= 0.6 is 0 Å². The maximum Gasteiger partial charge on any atom is 0.186 e. The molecule has 1 aromatic heterocycles. The van der Waals surface area contributed by atoms with Crippen LogP contribution in [0.4, 0.5) is 5.82 Å². The summed E-state index contributed by atoms with van der Waals surface area (Å²) < 4.78 is 35.5. The highest BCUT2D eigenvalue weighted by Crippen LogP contribution is 2.30. The first-order valence-electron chi connectivity index (χ1n) is 6.57. The van der Waals surface area contributed by atoms with Crippen molar-refractivity contribution >= 4 is 15.7 Å². The van der Waals surface area contributed by atoms with Crippen LogP contribution in [0.2, 0.25) is 0 Å². The standard InChI is InChI=1S/C15H18N2O4S/c1-16-15-7-4-11(9-17-15)10-22(18,19)14-8-12(20-2)5-6-13(14)21-3/h4-9H,10H2,1-3H3,(H,16,17). The summed E-state index contributed by atoms with van der Waals surface area (Å²) in [7, 11) is 1.10. The number of methoxy groups -OCH3 is 2. The third-order valence-corrected chi connectivity index (χ3v) is 4.85. The molecule has 1 aromatic carbocycles. The van der Waals surface area contributed by atoms with E-state index in [9.17, 15) is 8.42 Å². The topological polar surface area (TPSA) is 77.5 Å². The van der Waals surface area contributed by atoms with Gasteiger partial charge in [-0.05, 0) is 23.8 Å². The minimum atomic E-state index is -3.57. The quantitative estimate of drug-likeness (QED) is 0.878. The second-order valence-electron chi connectivity index (χ2n) is 4.58. The van der Waals surface area contributed by atoms with Crippen molar-refractivity contribution in [3.8, 4) is 11.5 Å². The molecule has 0 bridgehead atoms. The molecule has 0 saturated heterocycles. The molecule has 6 nitrogen and oxygen atoms in total. The second-order valence-corrected chi connectivity index (χ2v) is 6.54. The molecule has 0 aliphatic carbocycles. The molecule has 1 N–H and O–H groups in total. The van der Waals surface area contributed by atoms with Crippen LogP contribution in [-0.4, -0.2) is 34.7 Å². The maximum absolute atomic E-state index is 12.6. The predicted octanol–water partition coefficient (Wildman–Crippen LogP) is 2.11. The summed E-state index contributed by atoms with van der Waals surface area (Å²) in [4.78, 5) is 4.22. The van der Waals surface area contributed by atoms with Crippen molar-refractivity contribution in [3.05, 3.63) is 42.1 Å². The summed E-state index contributed by atoms with van der Waals surface area (Å²) in [6.45, 7) is 0. The molecule has 0 fully saturated rings. The van der Waals surface area contributed by atoms with E-state index in [4.69, 9.17) is 9.47 Å². The molecule has 22 heavy (non-hydrogen) atoms. The molecule has 0 amide bonds. The fraction of sp³-hybridized carbons (Fsp3) is 0.267. The van der Waals surface area contributed by atoms with Crippen molar-refractivity contribution in [3.63, 3.8) is 0 Å². The maximum atomic E-state index is 12.6. The second kappa shape index (κ2) is 6.65. The third kappa shape index (κ3) is 3.48. The van der Waals surface area contributed by atoms with Crippen LogP contribution in [-0.2, 0) is 15.6 Å². The number of nitrogens with zero attached hydrogens (tertiary/aromatic N) is 1. The van der Waals surface area contributed by atoms with Crippen LogP contribution in [0.15, 0.2) is 41.4 Å². The summed E-state index contributed by atoms with van der Waals surface area (Å²) in [5.41, 5.74) is 0.601. The van der Waals surface area contributed by atoms with Gasteiger partial charge in [0.05, 0.1) is 20.0 Å².